The zero-order valence-corrected chi connectivity index (χ0v) is 8.72. The van der Waals surface area contributed by atoms with Gasteiger partial charge >= 0.3 is 0 Å². The minimum atomic E-state index is 0. The van der Waals surface area contributed by atoms with Crippen LogP contribution in [0.3, 0.4) is 0 Å². The Morgan fingerprint density at radius 1 is 0.750 bits per heavy atom. The Hall–Kier alpha value is -1.78. The quantitative estimate of drug-likeness (QED) is 0.669. The Morgan fingerprint density at radius 3 is 1.94 bits per heavy atom. The number of phenolic OH excluding ortho intramolecular Hbond substituents is 1. The Morgan fingerprint density at radius 2 is 1.31 bits per heavy atom. The van der Waals surface area contributed by atoms with Crippen LogP contribution in [-0.2, 0) is 0 Å². The van der Waals surface area contributed by atoms with Gasteiger partial charge in [0.2, 0.25) is 0 Å². The smallest absolute Gasteiger partial charge is 0.196 e. The normalized spacial score (nSPS) is 8.50. The first kappa shape index (κ1) is 14.2. The van der Waals surface area contributed by atoms with Gasteiger partial charge in [0.1, 0.15) is 5.75 Å². The molecule has 0 saturated carbocycles. The Kier molecular flexibility index (Phi) is 5.92. The van der Waals surface area contributed by atoms with Gasteiger partial charge in [0.15, 0.2) is 7.28 Å². The van der Waals surface area contributed by atoms with Gasteiger partial charge < -0.3 is 16.1 Å². The summed E-state index contributed by atoms with van der Waals surface area (Å²) in [6.45, 7) is 0. The van der Waals surface area contributed by atoms with Crippen molar-refractivity contribution >= 4 is 18.2 Å². The summed E-state index contributed by atoms with van der Waals surface area (Å²) in [6.07, 6.45) is 0. The zero-order chi connectivity index (χ0) is 9.80. The fourth-order valence-corrected chi connectivity index (χ4v) is 1.34. The van der Waals surface area contributed by atoms with E-state index in [0.29, 0.717) is 5.75 Å². The van der Waals surface area contributed by atoms with E-state index in [0.717, 1.165) is 10.9 Å². The van der Waals surface area contributed by atoms with E-state index in [2.05, 4.69) is 0 Å². The Labute approximate surface area is 95.2 Å². The maximum absolute atomic E-state index is 9.54. The third-order valence-corrected chi connectivity index (χ3v) is 2.06. The molecular formula is C12H14BO3. The summed E-state index contributed by atoms with van der Waals surface area (Å²) in [5.41, 5.74) is 1.94. The Balaban J connectivity index is 0.00000112. The van der Waals surface area contributed by atoms with E-state index in [1.807, 2.05) is 55.8 Å². The van der Waals surface area contributed by atoms with Crippen molar-refractivity contribution in [2.24, 2.45) is 0 Å². The molecule has 1 radical (unpaired) electrons. The fourth-order valence-electron chi connectivity index (χ4n) is 1.34. The number of benzene rings is 2. The van der Waals surface area contributed by atoms with E-state index >= 15 is 0 Å². The summed E-state index contributed by atoms with van der Waals surface area (Å²) in [5, 5.41) is 9.54. The van der Waals surface area contributed by atoms with Gasteiger partial charge in [-0.3, -0.25) is 0 Å². The van der Waals surface area contributed by atoms with Gasteiger partial charge in [0.05, 0.1) is 0 Å². The van der Waals surface area contributed by atoms with Crippen molar-refractivity contribution in [3.05, 3.63) is 54.6 Å². The highest BCUT2D eigenvalue weighted by molar-refractivity contribution is 6.68. The molecular weight excluding hydrogens is 203 g/mol. The molecule has 0 aliphatic heterocycles. The second-order valence-corrected chi connectivity index (χ2v) is 3.11. The second-order valence-electron chi connectivity index (χ2n) is 3.11. The first-order valence-corrected chi connectivity index (χ1v) is 4.54. The number of para-hydroxylation sites is 1. The first-order valence-electron chi connectivity index (χ1n) is 4.54. The van der Waals surface area contributed by atoms with E-state index < -0.39 is 0 Å². The van der Waals surface area contributed by atoms with Crippen molar-refractivity contribution in [2.45, 2.75) is 0 Å². The van der Waals surface area contributed by atoms with Crippen LogP contribution >= 0.6 is 0 Å². The van der Waals surface area contributed by atoms with Gasteiger partial charge in [-0.2, -0.15) is 0 Å². The van der Waals surface area contributed by atoms with Gasteiger partial charge in [-0.05, 0) is 11.5 Å². The number of rotatable bonds is 2. The third-order valence-electron chi connectivity index (χ3n) is 2.06. The van der Waals surface area contributed by atoms with Crippen LogP contribution in [0.2, 0.25) is 0 Å². The highest BCUT2D eigenvalue weighted by Crippen LogP contribution is 2.01. The Bertz CT molecular complexity index is 418. The average molecular weight is 217 g/mol. The van der Waals surface area contributed by atoms with E-state index in [-0.39, 0.29) is 11.0 Å². The molecule has 0 aliphatic rings. The molecule has 0 aromatic heterocycles. The van der Waals surface area contributed by atoms with Crippen LogP contribution < -0.4 is 10.9 Å². The van der Waals surface area contributed by atoms with Crippen LogP contribution in [0, 0.1) is 0 Å². The predicted octanol–water partition coefficient (Wildman–Crippen LogP) is -0.602. The standard InChI is InChI=1S/C12H10BO.2H2O/c14-12-9-5-4-8-11(12)13-10-6-2-1-3-7-10;;/h1-9,14H;2*1H2. The summed E-state index contributed by atoms with van der Waals surface area (Å²) in [4.78, 5) is 0. The lowest BCUT2D eigenvalue weighted by atomic mass is 9.64. The molecule has 83 valence electrons. The predicted molar refractivity (Wildman–Crippen MR) is 66.8 cm³/mol. The fraction of sp³-hybridized carbons (Fsp3) is 0. The summed E-state index contributed by atoms with van der Waals surface area (Å²) in [6, 6.07) is 17.3. The second kappa shape index (κ2) is 6.66. The van der Waals surface area contributed by atoms with Crippen molar-refractivity contribution in [1.29, 1.82) is 0 Å². The van der Waals surface area contributed by atoms with Crippen LogP contribution in [0.5, 0.6) is 5.75 Å². The monoisotopic (exact) mass is 217 g/mol. The summed E-state index contributed by atoms with van der Waals surface area (Å²) >= 11 is 0. The van der Waals surface area contributed by atoms with Crippen LogP contribution in [0.4, 0.5) is 0 Å². The van der Waals surface area contributed by atoms with Gasteiger partial charge in [-0.15, -0.1) is 0 Å². The van der Waals surface area contributed by atoms with Crippen LogP contribution in [0.15, 0.2) is 54.6 Å². The van der Waals surface area contributed by atoms with Crippen molar-refractivity contribution in [1.82, 2.24) is 0 Å². The molecule has 0 unspecified atom stereocenters. The van der Waals surface area contributed by atoms with Crippen molar-refractivity contribution < 1.29 is 16.1 Å². The first-order chi connectivity index (χ1) is 6.86. The van der Waals surface area contributed by atoms with Crippen LogP contribution in [0.1, 0.15) is 0 Å². The SMILES string of the molecule is O.O.Oc1ccccc1[B]c1ccccc1. The molecule has 0 saturated heterocycles. The molecule has 3 nitrogen and oxygen atoms in total. The minimum absolute atomic E-state index is 0. The third kappa shape index (κ3) is 3.42. The molecule has 2 rings (SSSR count). The van der Waals surface area contributed by atoms with Crippen LogP contribution in [0.25, 0.3) is 0 Å². The molecule has 2 aromatic carbocycles. The molecule has 2 aromatic rings. The zero-order valence-electron chi connectivity index (χ0n) is 8.72. The van der Waals surface area contributed by atoms with Crippen LogP contribution in [-0.4, -0.2) is 23.3 Å². The van der Waals surface area contributed by atoms with Gasteiger partial charge in [-0.25, -0.2) is 0 Å². The molecule has 0 fully saturated rings. The van der Waals surface area contributed by atoms with Crippen molar-refractivity contribution in [3.8, 4) is 5.75 Å². The van der Waals surface area contributed by atoms with E-state index in [1.165, 1.54) is 0 Å². The topological polar surface area (TPSA) is 83.2 Å². The lowest BCUT2D eigenvalue weighted by Crippen LogP contribution is -2.26. The van der Waals surface area contributed by atoms with Crippen molar-refractivity contribution in [3.63, 3.8) is 0 Å². The summed E-state index contributed by atoms with van der Waals surface area (Å²) < 4.78 is 0. The lowest BCUT2D eigenvalue weighted by molar-refractivity contribution is 0.479. The molecule has 16 heavy (non-hydrogen) atoms. The molecule has 5 N–H and O–H groups in total. The summed E-state index contributed by atoms with van der Waals surface area (Å²) in [5.74, 6) is 0.316. The van der Waals surface area contributed by atoms with E-state index in [4.69, 9.17) is 0 Å². The van der Waals surface area contributed by atoms with Gasteiger partial charge in [0.25, 0.3) is 0 Å². The van der Waals surface area contributed by atoms with Crippen molar-refractivity contribution in [2.75, 3.05) is 0 Å². The largest absolute Gasteiger partial charge is 0.509 e. The van der Waals surface area contributed by atoms with Gasteiger partial charge in [-0.1, -0.05) is 54.0 Å². The molecule has 0 aliphatic carbocycles. The highest BCUT2D eigenvalue weighted by atomic mass is 16.3. The molecule has 0 atom stereocenters. The van der Waals surface area contributed by atoms with E-state index in [9.17, 15) is 5.11 Å². The minimum Gasteiger partial charge on any atom is -0.509 e. The maximum Gasteiger partial charge on any atom is 0.196 e. The summed E-state index contributed by atoms with van der Waals surface area (Å²) in [7, 11) is 1.95. The number of hydrogen-bond acceptors (Lipinski definition) is 1. The lowest BCUT2D eigenvalue weighted by Gasteiger charge is -2.02. The molecule has 0 bridgehead atoms. The number of aromatic hydroxyl groups is 1. The maximum atomic E-state index is 9.54. The number of hydrogen-bond donors (Lipinski definition) is 1. The molecule has 0 amide bonds. The molecule has 0 heterocycles. The highest BCUT2D eigenvalue weighted by Gasteiger charge is 2.01. The average Bonchev–Trinajstić information content (AvgIpc) is 2.23. The van der Waals surface area contributed by atoms with Gasteiger partial charge in [0, 0.05) is 0 Å². The molecule has 4 heteroatoms. The molecule has 0 spiro atoms. The number of phenols is 1. The van der Waals surface area contributed by atoms with E-state index in [1.54, 1.807) is 6.07 Å².